The molecule has 0 unspecified atom stereocenters. The van der Waals surface area contributed by atoms with Crippen molar-refractivity contribution < 1.29 is 4.79 Å². The van der Waals surface area contributed by atoms with E-state index in [1.807, 2.05) is 16.5 Å². The molecule has 0 radical (unpaired) electrons. The highest BCUT2D eigenvalue weighted by molar-refractivity contribution is 5.75. The molecule has 0 aromatic carbocycles. The zero-order valence-electron chi connectivity index (χ0n) is 12.0. The first-order valence-electron chi connectivity index (χ1n) is 7.54. The number of nitrogens with zero attached hydrogens (tertiary/aromatic N) is 6. The molecule has 7 nitrogen and oxygen atoms in total. The summed E-state index contributed by atoms with van der Waals surface area (Å²) < 4.78 is 1.97. The van der Waals surface area contributed by atoms with Crippen LogP contribution in [0.4, 0.5) is 0 Å². The van der Waals surface area contributed by atoms with E-state index in [1.54, 1.807) is 0 Å². The van der Waals surface area contributed by atoms with Crippen molar-refractivity contribution in [3.63, 3.8) is 0 Å². The molecule has 2 fully saturated rings. The number of carbonyl (C=O) groups is 1. The largest absolute Gasteiger partial charge is 0.341 e. The SMILES string of the molecule is CCC(=O)N1CCCN(Cc2nnnn2C2CC2)CC1. The molecule has 0 N–H and O–H groups in total. The number of aromatic nitrogens is 4. The summed E-state index contributed by atoms with van der Waals surface area (Å²) in [5, 5.41) is 12.0. The summed E-state index contributed by atoms with van der Waals surface area (Å²) in [7, 11) is 0. The van der Waals surface area contributed by atoms with Crippen LogP contribution in [0, 0.1) is 0 Å². The zero-order valence-corrected chi connectivity index (χ0v) is 12.0. The van der Waals surface area contributed by atoms with E-state index in [4.69, 9.17) is 0 Å². The fraction of sp³-hybridized carbons (Fsp3) is 0.846. The molecule has 1 saturated carbocycles. The van der Waals surface area contributed by atoms with Crippen LogP contribution in [0.15, 0.2) is 0 Å². The smallest absolute Gasteiger partial charge is 0.222 e. The fourth-order valence-electron chi connectivity index (χ4n) is 2.72. The van der Waals surface area contributed by atoms with Gasteiger partial charge in [-0.05, 0) is 29.7 Å². The van der Waals surface area contributed by atoms with Gasteiger partial charge in [-0.25, -0.2) is 4.68 Å². The molecule has 7 heteroatoms. The minimum absolute atomic E-state index is 0.259. The lowest BCUT2D eigenvalue weighted by atomic mass is 10.3. The molecule has 3 rings (SSSR count). The maximum atomic E-state index is 11.8. The van der Waals surface area contributed by atoms with Crippen molar-refractivity contribution >= 4 is 5.91 Å². The molecular weight excluding hydrogens is 256 g/mol. The van der Waals surface area contributed by atoms with E-state index in [0.717, 1.165) is 45.0 Å². The van der Waals surface area contributed by atoms with Gasteiger partial charge in [0.05, 0.1) is 12.6 Å². The lowest BCUT2D eigenvalue weighted by molar-refractivity contribution is -0.130. The number of tetrazole rings is 1. The van der Waals surface area contributed by atoms with Crippen LogP contribution in [0.3, 0.4) is 0 Å². The van der Waals surface area contributed by atoms with E-state index in [0.29, 0.717) is 12.5 Å². The van der Waals surface area contributed by atoms with Crippen LogP contribution in [0.5, 0.6) is 0 Å². The highest BCUT2D eigenvalue weighted by Crippen LogP contribution is 2.34. The molecule has 1 saturated heterocycles. The van der Waals surface area contributed by atoms with Gasteiger partial charge in [0.25, 0.3) is 0 Å². The summed E-state index contributed by atoms with van der Waals surface area (Å²) in [6.07, 6.45) is 4.00. The van der Waals surface area contributed by atoms with E-state index >= 15 is 0 Å². The molecule has 1 amide bonds. The topological polar surface area (TPSA) is 67.2 Å². The van der Waals surface area contributed by atoms with Crippen LogP contribution in [0.2, 0.25) is 0 Å². The van der Waals surface area contributed by atoms with Crippen LogP contribution >= 0.6 is 0 Å². The van der Waals surface area contributed by atoms with Crippen molar-refractivity contribution in [2.24, 2.45) is 0 Å². The molecule has 2 aliphatic rings. The Kier molecular flexibility index (Phi) is 3.95. The standard InChI is InChI=1S/C13H22N6O/c1-2-13(20)18-7-3-6-17(8-9-18)10-12-14-15-16-19(12)11-4-5-11/h11H,2-10H2,1H3. The molecule has 20 heavy (non-hydrogen) atoms. The predicted octanol–water partition coefficient (Wildman–Crippen LogP) is 0.452. The molecule has 1 aromatic heterocycles. The van der Waals surface area contributed by atoms with Crippen LogP contribution in [0.1, 0.15) is 44.5 Å². The molecule has 110 valence electrons. The van der Waals surface area contributed by atoms with Crippen molar-refractivity contribution in [2.75, 3.05) is 26.2 Å². The van der Waals surface area contributed by atoms with Crippen LogP contribution < -0.4 is 0 Å². The van der Waals surface area contributed by atoms with Gasteiger partial charge in [0.2, 0.25) is 5.91 Å². The Labute approximate surface area is 118 Å². The average molecular weight is 278 g/mol. The summed E-state index contributed by atoms with van der Waals surface area (Å²) in [5.74, 6) is 1.22. The Balaban J connectivity index is 1.58. The van der Waals surface area contributed by atoms with E-state index in [2.05, 4.69) is 20.4 Å². The van der Waals surface area contributed by atoms with Gasteiger partial charge >= 0.3 is 0 Å². The van der Waals surface area contributed by atoms with Crippen molar-refractivity contribution in [3.05, 3.63) is 5.82 Å². The lowest BCUT2D eigenvalue weighted by Crippen LogP contribution is -2.34. The van der Waals surface area contributed by atoms with Gasteiger partial charge in [-0.2, -0.15) is 0 Å². The third-order valence-electron chi connectivity index (χ3n) is 4.06. The monoisotopic (exact) mass is 278 g/mol. The molecule has 1 aliphatic heterocycles. The van der Waals surface area contributed by atoms with Gasteiger partial charge in [0.1, 0.15) is 0 Å². The predicted molar refractivity (Wildman–Crippen MR) is 72.9 cm³/mol. The Morgan fingerprint density at radius 3 is 2.85 bits per heavy atom. The molecule has 1 aromatic rings. The van der Waals surface area contributed by atoms with Gasteiger partial charge < -0.3 is 4.90 Å². The second-order valence-corrected chi connectivity index (χ2v) is 5.63. The molecule has 0 atom stereocenters. The minimum Gasteiger partial charge on any atom is -0.341 e. The number of amides is 1. The number of carbonyl (C=O) groups excluding carboxylic acids is 1. The maximum Gasteiger partial charge on any atom is 0.222 e. The van der Waals surface area contributed by atoms with Crippen molar-refractivity contribution in [2.45, 2.75) is 45.2 Å². The molecule has 2 heterocycles. The maximum absolute atomic E-state index is 11.8. The third-order valence-corrected chi connectivity index (χ3v) is 4.06. The molecular formula is C13H22N6O. The quantitative estimate of drug-likeness (QED) is 0.800. The first-order valence-corrected chi connectivity index (χ1v) is 7.54. The van der Waals surface area contributed by atoms with Crippen LogP contribution in [-0.4, -0.2) is 62.1 Å². The number of hydrogen-bond donors (Lipinski definition) is 0. The van der Waals surface area contributed by atoms with Crippen molar-refractivity contribution in [3.8, 4) is 0 Å². The van der Waals surface area contributed by atoms with Gasteiger partial charge in [0.15, 0.2) is 5.82 Å². The highest BCUT2D eigenvalue weighted by atomic mass is 16.2. The Bertz CT molecular complexity index is 469. The first kappa shape index (κ1) is 13.5. The summed E-state index contributed by atoms with van der Waals surface area (Å²) in [6, 6.07) is 0.519. The first-order chi connectivity index (χ1) is 9.78. The Hall–Kier alpha value is -1.50. The van der Waals surface area contributed by atoms with E-state index in [9.17, 15) is 4.79 Å². The Morgan fingerprint density at radius 2 is 2.10 bits per heavy atom. The normalized spacial score (nSPS) is 20.9. The summed E-state index contributed by atoms with van der Waals surface area (Å²) in [5.41, 5.74) is 0. The zero-order chi connectivity index (χ0) is 13.9. The van der Waals surface area contributed by atoms with Gasteiger partial charge in [0, 0.05) is 32.6 Å². The van der Waals surface area contributed by atoms with Crippen molar-refractivity contribution in [1.82, 2.24) is 30.0 Å². The van der Waals surface area contributed by atoms with Crippen LogP contribution in [-0.2, 0) is 11.3 Å². The molecule has 0 bridgehead atoms. The van der Waals surface area contributed by atoms with E-state index < -0.39 is 0 Å². The number of hydrogen-bond acceptors (Lipinski definition) is 5. The van der Waals surface area contributed by atoms with Gasteiger partial charge in [-0.1, -0.05) is 6.92 Å². The molecule has 0 spiro atoms. The summed E-state index contributed by atoms with van der Waals surface area (Å²) in [6.45, 7) is 6.31. The van der Waals surface area contributed by atoms with E-state index in [1.165, 1.54) is 12.8 Å². The second kappa shape index (κ2) is 5.87. The van der Waals surface area contributed by atoms with Crippen LogP contribution in [0.25, 0.3) is 0 Å². The number of rotatable bonds is 4. The molecule has 1 aliphatic carbocycles. The highest BCUT2D eigenvalue weighted by Gasteiger charge is 2.28. The van der Waals surface area contributed by atoms with Crippen molar-refractivity contribution in [1.29, 1.82) is 0 Å². The van der Waals surface area contributed by atoms with Gasteiger partial charge in [-0.3, -0.25) is 9.69 Å². The second-order valence-electron chi connectivity index (χ2n) is 5.63. The average Bonchev–Trinajstić information content (AvgIpc) is 3.24. The summed E-state index contributed by atoms with van der Waals surface area (Å²) in [4.78, 5) is 16.1. The fourth-order valence-corrected chi connectivity index (χ4v) is 2.72. The Morgan fingerprint density at radius 1 is 1.25 bits per heavy atom. The van der Waals surface area contributed by atoms with E-state index in [-0.39, 0.29) is 5.91 Å². The lowest BCUT2D eigenvalue weighted by Gasteiger charge is -2.21. The summed E-state index contributed by atoms with van der Waals surface area (Å²) >= 11 is 0. The third kappa shape index (κ3) is 2.98. The minimum atomic E-state index is 0.259. The van der Waals surface area contributed by atoms with Gasteiger partial charge in [-0.15, -0.1) is 5.10 Å².